The molecule has 0 amide bonds. The summed E-state index contributed by atoms with van der Waals surface area (Å²) in [7, 11) is 0. The molecule has 0 aliphatic rings. The van der Waals surface area contributed by atoms with Crippen LogP contribution in [-0.4, -0.2) is 19.8 Å². The molecule has 6 heteroatoms. The molecule has 0 N–H and O–H groups in total. The first kappa shape index (κ1) is 15.8. The van der Waals surface area contributed by atoms with Gasteiger partial charge in [-0.05, 0) is 26.0 Å². The SMILES string of the molecule is CC(C)c1nc2cc(Cl)c(Cl)cc2nc1[S+]([O-])C(C)C. The molecule has 0 bridgehead atoms. The molecular weight excluding hydrogens is 315 g/mol. The second-order valence-electron chi connectivity index (χ2n) is 5.17. The number of aromatic nitrogens is 2. The number of hydrogen-bond acceptors (Lipinski definition) is 3. The third-order valence-corrected chi connectivity index (χ3v) is 5.13. The van der Waals surface area contributed by atoms with E-state index in [0.717, 1.165) is 5.69 Å². The molecule has 0 aliphatic carbocycles. The van der Waals surface area contributed by atoms with Crippen LogP contribution in [0, 0.1) is 0 Å². The number of benzene rings is 1. The highest BCUT2D eigenvalue weighted by Crippen LogP contribution is 2.30. The normalized spacial score (nSPS) is 13.4. The first-order chi connectivity index (χ1) is 9.31. The van der Waals surface area contributed by atoms with Gasteiger partial charge >= 0.3 is 0 Å². The summed E-state index contributed by atoms with van der Waals surface area (Å²) in [5.41, 5.74) is 2.04. The highest BCUT2D eigenvalue weighted by Gasteiger charge is 2.25. The monoisotopic (exact) mass is 330 g/mol. The number of halogens is 2. The summed E-state index contributed by atoms with van der Waals surface area (Å²) in [6.07, 6.45) is 0. The molecule has 0 spiro atoms. The van der Waals surface area contributed by atoms with Crippen LogP contribution in [0.25, 0.3) is 11.0 Å². The van der Waals surface area contributed by atoms with Crippen LogP contribution < -0.4 is 0 Å². The second kappa shape index (κ2) is 6.06. The Morgan fingerprint density at radius 3 is 1.95 bits per heavy atom. The molecule has 2 rings (SSSR count). The Bertz CT molecular complexity index is 647. The van der Waals surface area contributed by atoms with E-state index in [1.165, 1.54) is 0 Å². The standard InChI is InChI=1S/C14H16Cl2N2OS/c1-7(2)13-14(20(19)8(3)4)18-12-6-10(16)9(15)5-11(12)17-13/h5-8H,1-4H3. The molecule has 2 aromatic rings. The molecule has 20 heavy (non-hydrogen) atoms. The summed E-state index contributed by atoms with van der Waals surface area (Å²) in [4.78, 5) is 9.10. The van der Waals surface area contributed by atoms with Gasteiger partial charge in [0.05, 0.1) is 21.1 Å². The molecule has 0 fully saturated rings. The number of hydrogen-bond donors (Lipinski definition) is 0. The maximum absolute atomic E-state index is 12.4. The van der Waals surface area contributed by atoms with Crippen molar-refractivity contribution in [2.24, 2.45) is 0 Å². The number of nitrogens with zero attached hydrogens (tertiary/aromatic N) is 2. The molecule has 1 aromatic heterocycles. The minimum absolute atomic E-state index is 0.0120. The maximum atomic E-state index is 12.4. The Hall–Kier alpha value is -0.550. The maximum Gasteiger partial charge on any atom is 0.267 e. The fourth-order valence-electron chi connectivity index (χ4n) is 1.80. The van der Waals surface area contributed by atoms with Crippen LogP contribution in [0.4, 0.5) is 0 Å². The van der Waals surface area contributed by atoms with Crippen LogP contribution in [0.3, 0.4) is 0 Å². The number of fused-ring (bicyclic) bond motifs is 1. The summed E-state index contributed by atoms with van der Waals surface area (Å²) in [5.74, 6) is 0.138. The van der Waals surface area contributed by atoms with Crippen molar-refractivity contribution in [3.05, 3.63) is 27.9 Å². The van der Waals surface area contributed by atoms with Crippen molar-refractivity contribution in [2.75, 3.05) is 0 Å². The van der Waals surface area contributed by atoms with Crippen LogP contribution in [-0.2, 0) is 11.2 Å². The quantitative estimate of drug-likeness (QED) is 0.774. The molecular formula is C14H16Cl2N2OS. The van der Waals surface area contributed by atoms with Crippen LogP contribution in [0.2, 0.25) is 10.0 Å². The highest BCUT2D eigenvalue weighted by molar-refractivity contribution is 7.92. The zero-order valence-electron chi connectivity index (χ0n) is 11.8. The lowest BCUT2D eigenvalue weighted by atomic mass is 10.1. The first-order valence-corrected chi connectivity index (χ1v) is 8.35. The number of rotatable bonds is 3. The second-order valence-corrected chi connectivity index (χ2v) is 7.91. The third kappa shape index (κ3) is 3.03. The smallest absolute Gasteiger partial charge is 0.267 e. The topological polar surface area (TPSA) is 48.8 Å². The molecule has 0 aliphatic heterocycles. The van der Waals surface area contributed by atoms with Crippen molar-refractivity contribution < 1.29 is 4.55 Å². The van der Waals surface area contributed by atoms with Crippen LogP contribution in [0.1, 0.15) is 39.3 Å². The van der Waals surface area contributed by atoms with E-state index < -0.39 is 11.2 Å². The predicted octanol–water partition coefficient (Wildman–Crippen LogP) is 4.58. The summed E-state index contributed by atoms with van der Waals surface area (Å²) >= 11 is 10.8. The average Bonchev–Trinajstić information content (AvgIpc) is 2.37. The van der Waals surface area contributed by atoms with E-state index >= 15 is 0 Å². The molecule has 3 nitrogen and oxygen atoms in total. The van der Waals surface area contributed by atoms with Crippen LogP contribution >= 0.6 is 23.2 Å². The van der Waals surface area contributed by atoms with Crippen molar-refractivity contribution in [3.8, 4) is 0 Å². The van der Waals surface area contributed by atoms with E-state index in [9.17, 15) is 4.55 Å². The Morgan fingerprint density at radius 1 is 1.00 bits per heavy atom. The first-order valence-electron chi connectivity index (χ1n) is 6.38. The van der Waals surface area contributed by atoms with Crippen molar-refractivity contribution >= 4 is 45.4 Å². The largest absolute Gasteiger partial charge is 0.610 e. The fourth-order valence-corrected chi connectivity index (χ4v) is 3.23. The summed E-state index contributed by atoms with van der Waals surface area (Å²) in [6.45, 7) is 7.82. The van der Waals surface area contributed by atoms with Crippen molar-refractivity contribution in [3.63, 3.8) is 0 Å². The minimum Gasteiger partial charge on any atom is -0.610 e. The van der Waals surface area contributed by atoms with Gasteiger partial charge in [0.1, 0.15) is 10.9 Å². The van der Waals surface area contributed by atoms with E-state index in [1.807, 2.05) is 27.7 Å². The Labute approximate surface area is 131 Å². The van der Waals surface area contributed by atoms with Gasteiger partial charge in [-0.25, -0.2) is 4.98 Å². The van der Waals surface area contributed by atoms with E-state index in [2.05, 4.69) is 9.97 Å². The molecule has 1 atom stereocenters. The highest BCUT2D eigenvalue weighted by atomic mass is 35.5. The molecule has 1 heterocycles. The average molecular weight is 331 g/mol. The van der Waals surface area contributed by atoms with Crippen molar-refractivity contribution in [2.45, 2.75) is 43.9 Å². The molecule has 0 saturated carbocycles. The van der Waals surface area contributed by atoms with E-state index in [-0.39, 0.29) is 11.2 Å². The van der Waals surface area contributed by atoms with Gasteiger partial charge in [-0.1, -0.05) is 37.0 Å². The van der Waals surface area contributed by atoms with Gasteiger partial charge < -0.3 is 4.55 Å². The Balaban J connectivity index is 2.72. The lowest BCUT2D eigenvalue weighted by molar-refractivity contribution is 0.578. The van der Waals surface area contributed by atoms with Gasteiger partial charge in [0.2, 0.25) is 0 Å². The van der Waals surface area contributed by atoms with Gasteiger partial charge in [0, 0.05) is 17.1 Å². The van der Waals surface area contributed by atoms with E-state index in [0.29, 0.717) is 26.1 Å². The summed E-state index contributed by atoms with van der Waals surface area (Å²) < 4.78 is 12.4. The van der Waals surface area contributed by atoms with Crippen LogP contribution in [0.15, 0.2) is 17.2 Å². The van der Waals surface area contributed by atoms with Gasteiger partial charge in [-0.3, -0.25) is 0 Å². The molecule has 1 unspecified atom stereocenters. The van der Waals surface area contributed by atoms with Gasteiger partial charge in [-0.15, -0.1) is 0 Å². The third-order valence-electron chi connectivity index (χ3n) is 2.87. The van der Waals surface area contributed by atoms with Crippen LogP contribution in [0.5, 0.6) is 0 Å². The van der Waals surface area contributed by atoms with Gasteiger partial charge in [0.25, 0.3) is 5.03 Å². The minimum atomic E-state index is -1.18. The summed E-state index contributed by atoms with van der Waals surface area (Å²) in [5, 5.41) is 1.40. The van der Waals surface area contributed by atoms with E-state index in [4.69, 9.17) is 23.2 Å². The predicted molar refractivity (Wildman–Crippen MR) is 85.2 cm³/mol. The van der Waals surface area contributed by atoms with Gasteiger partial charge in [-0.2, -0.15) is 4.98 Å². The Kier molecular flexibility index (Phi) is 4.80. The Morgan fingerprint density at radius 2 is 1.50 bits per heavy atom. The fraction of sp³-hybridized carbons (Fsp3) is 0.429. The summed E-state index contributed by atoms with van der Waals surface area (Å²) in [6, 6.07) is 3.36. The zero-order valence-corrected chi connectivity index (χ0v) is 14.1. The lowest BCUT2D eigenvalue weighted by Crippen LogP contribution is -2.19. The molecule has 0 radical (unpaired) electrons. The van der Waals surface area contributed by atoms with Crippen molar-refractivity contribution in [1.29, 1.82) is 0 Å². The molecule has 108 valence electrons. The zero-order chi connectivity index (χ0) is 15.0. The molecule has 1 aromatic carbocycles. The molecule has 0 saturated heterocycles. The van der Waals surface area contributed by atoms with Crippen molar-refractivity contribution in [1.82, 2.24) is 9.97 Å². The van der Waals surface area contributed by atoms with E-state index in [1.54, 1.807) is 12.1 Å². The van der Waals surface area contributed by atoms with Gasteiger partial charge in [0.15, 0.2) is 0 Å². The lowest BCUT2D eigenvalue weighted by Gasteiger charge is -2.17.